The van der Waals surface area contributed by atoms with Crippen molar-refractivity contribution in [2.24, 2.45) is 0 Å². The molecule has 36 heavy (non-hydrogen) atoms. The van der Waals surface area contributed by atoms with Gasteiger partial charge in [-0.3, -0.25) is 4.79 Å². The fraction of sp³-hybridized carbons (Fsp3) is 0.217. The first-order valence-electron chi connectivity index (χ1n) is 10.4. The van der Waals surface area contributed by atoms with E-state index in [-0.39, 0.29) is 35.7 Å². The first-order valence-corrected chi connectivity index (χ1v) is 10.4. The van der Waals surface area contributed by atoms with Crippen LogP contribution in [0.25, 0.3) is 0 Å². The molecule has 2 heterocycles. The molecule has 3 aromatic rings. The van der Waals surface area contributed by atoms with Gasteiger partial charge in [0.25, 0.3) is 0 Å². The molecule has 2 aromatic heterocycles. The van der Waals surface area contributed by atoms with Gasteiger partial charge in [-0.05, 0) is 18.2 Å². The van der Waals surface area contributed by atoms with E-state index in [9.17, 15) is 18.0 Å². The van der Waals surface area contributed by atoms with Crippen LogP contribution >= 0.6 is 0 Å². The Bertz CT molecular complexity index is 1220. The minimum atomic E-state index is -4.75. The molecule has 0 unspecified atom stereocenters. The van der Waals surface area contributed by atoms with E-state index in [1.54, 1.807) is 12.1 Å². The second-order valence-electron chi connectivity index (χ2n) is 7.02. The molecule has 0 saturated carbocycles. The highest BCUT2D eigenvalue weighted by Crippen LogP contribution is 2.36. The summed E-state index contributed by atoms with van der Waals surface area (Å²) >= 11 is 0. The number of halogens is 3. The number of methoxy groups -OCH3 is 2. The van der Waals surface area contributed by atoms with Crippen LogP contribution in [0.3, 0.4) is 0 Å². The molecule has 0 fully saturated rings. The maximum absolute atomic E-state index is 13.7. The predicted molar refractivity (Wildman–Crippen MR) is 127 cm³/mol. The summed E-state index contributed by atoms with van der Waals surface area (Å²) in [5.74, 6) is -0.803. The molecule has 3 N–H and O–H groups in total. The smallest absolute Gasteiger partial charge is 0.421 e. The largest absolute Gasteiger partial charge is 0.481 e. The normalized spacial score (nSPS) is 10.9. The highest BCUT2D eigenvalue weighted by molar-refractivity contribution is 6.01. The molecule has 0 bridgehead atoms. The number of anilines is 5. The zero-order chi connectivity index (χ0) is 26.1. The number of pyridine rings is 1. The van der Waals surface area contributed by atoms with Crippen molar-refractivity contribution >= 4 is 34.7 Å². The minimum Gasteiger partial charge on any atom is -0.481 e. The number of alkyl halides is 3. The van der Waals surface area contributed by atoms with Crippen molar-refractivity contribution < 1.29 is 32.2 Å². The summed E-state index contributed by atoms with van der Waals surface area (Å²) in [4.78, 5) is 23.7. The average Bonchev–Trinajstić information content (AvgIpc) is 2.84. The fourth-order valence-electron chi connectivity index (χ4n) is 2.85. The Balaban J connectivity index is 1.94. The lowest BCUT2D eigenvalue weighted by Gasteiger charge is -2.17. The number of ether oxygens (including phenoxy) is 3. The van der Waals surface area contributed by atoms with Crippen LogP contribution in [0.5, 0.6) is 11.8 Å². The van der Waals surface area contributed by atoms with E-state index in [4.69, 9.17) is 14.2 Å². The molecule has 190 valence electrons. The van der Waals surface area contributed by atoms with Crippen molar-refractivity contribution in [2.45, 2.75) is 6.18 Å². The topological polar surface area (TPSA) is 120 Å². The number of hydrogen-bond donors (Lipinski definition) is 3. The van der Waals surface area contributed by atoms with E-state index < -0.39 is 23.5 Å². The van der Waals surface area contributed by atoms with Crippen LogP contribution in [-0.2, 0) is 15.7 Å². The summed E-state index contributed by atoms with van der Waals surface area (Å²) in [5.41, 5.74) is -0.324. The maximum Gasteiger partial charge on any atom is 0.421 e. The number of carbonyl (C=O) groups excluding carboxylic acids is 1. The molecule has 0 spiro atoms. The number of para-hydroxylation sites is 2. The molecule has 0 atom stereocenters. The molecule has 3 rings (SSSR count). The second-order valence-corrected chi connectivity index (χ2v) is 7.02. The third-order valence-corrected chi connectivity index (χ3v) is 4.50. The number of carbonyl (C=O) groups is 1. The molecule has 0 aliphatic carbocycles. The van der Waals surface area contributed by atoms with E-state index in [2.05, 4.69) is 37.5 Å². The van der Waals surface area contributed by atoms with E-state index in [0.29, 0.717) is 18.5 Å². The fourth-order valence-corrected chi connectivity index (χ4v) is 2.85. The van der Waals surface area contributed by atoms with Crippen LogP contribution in [0, 0.1) is 0 Å². The number of benzene rings is 1. The number of hydrogen-bond acceptors (Lipinski definition) is 9. The third-order valence-electron chi connectivity index (χ3n) is 4.50. The van der Waals surface area contributed by atoms with Crippen molar-refractivity contribution in [1.29, 1.82) is 0 Å². The van der Waals surface area contributed by atoms with Crippen LogP contribution in [0.2, 0.25) is 0 Å². The highest BCUT2D eigenvalue weighted by Gasteiger charge is 2.35. The van der Waals surface area contributed by atoms with Crippen LogP contribution < -0.4 is 25.4 Å². The summed E-state index contributed by atoms with van der Waals surface area (Å²) < 4.78 is 56.7. The van der Waals surface area contributed by atoms with E-state index in [1.165, 1.54) is 38.5 Å². The second kappa shape index (κ2) is 11.8. The predicted octanol–water partition coefficient (Wildman–Crippen LogP) is 4.54. The Morgan fingerprint density at radius 1 is 1.06 bits per heavy atom. The Hall–Kier alpha value is -4.39. The SMILES string of the molecule is C=CC(=O)Nc1ccccc1Nc1nc(Nc2cc(OC)nc(OCCOC)c2)ncc1C(F)(F)F. The van der Waals surface area contributed by atoms with Crippen LogP contribution in [0.15, 0.2) is 55.3 Å². The number of aromatic nitrogens is 3. The van der Waals surface area contributed by atoms with Gasteiger partial charge in [0.2, 0.25) is 23.6 Å². The third kappa shape index (κ3) is 7.06. The van der Waals surface area contributed by atoms with E-state index in [0.717, 1.165) is 6.08 Å². The summed E-state index contributed by atoms with van der Waals surface area (Å²) in [6.45, 7) is 3.92. The molecule has 0 aliphatic rings. The molecule has 10 nitrogen and oxygen atoms in total. The first kappa shape index (κ1) is 26.2. The molecular formula is C23H23F3N6O4. The number of nitrogens with one attached hydrogen (secondary N) is 3. The van der Waals surface area contributed by atoms with Crippen molar-refractivity contribution in [3.05, 3.63) is 60.8 Å². The van der Waals surface area contributed by atoms with Gasteiger partial charge in [-0.15, -0.1) is 0 Å². The van der Waals surface area contributed by atoms with E-state index >= 15 is 0 Å². The lowest BCUT2D eigenvalue weighted by Crippen LogP contribution is -2.14. The van der Waals surface area contributed by atoms with Gasteiger partial charge in [0.1, 0.15) is 18.0 Å². The first-order chi connectivity index (χ1) is 17.2. The van der Waals surface area contributed by atoms with Gasteiger partial charge in [-0.25, -0.2) is 4.98 Å². The highest BCUT2D eigenvalue weighted by atomic mass is 19.4. The number of nitrogens with zero attached hydrogens (tertiary/aromatic N) is 3. The van der Waals surface area contributed by atoms with Crippen LogP contribution in [-0.4, -0.2) is 48.3 Å². The number of amides is 1. The molecule has 13 heteroatoms. The molecule has 1 aromatic carbocycles. The van der Waals surface area contributed by atoms with Crippen LogP contribution in [0.1, 0.15) is 5.56 Å². The lowest BCUT2D eigenvalue weighted by molar-refractivity contribution is -0.137. The van der Waals surface area contributed by atoms with Gasteiger partial charge in [0, 0.05) is 25.4 Å². The summed E-state index contributed by atoms with van der Waals surface area (Å²) in [6, 6.07) is 9.22. The van der Waals surface area contributed by atoms with Crippen molar-refractivity contribution in [3.8, 4) is 11.8 Å². The van der Waals surface area contributed by atoms with Gasteiger partial charge < -0.3 is 30.2 Å². The maximum atomic E-state index is 13.7. The molecule has 0 saturated heterocycles. The zero-order valence-electron chi connectivity index (χ0n) is 19.3. The standard InChI is InChI=1S/C23H23F3N6O4/c1-4-18(33)29-16-7-5-6-8-17(16)30-21-15(23(24,25)26)13-27-22(32-21)28-14-11-19(35-3)31-20(12-14)36-10-9-34-2/h4-8,11-13H,1,9-10H2,2-3H3,(H,29,33)(H2,27,28,30,31,32). The Morgan fingerprint density at radius 2 is 1.78 bits per heavy atom. The summed E-state index contributed by atoms with van der Waals surface area (Å²) in [6.07, 6.45) is -3.06. The monoisotopic (exact) mass is 504 g/mol. The Labute approximate surface area is 204 Å². The zero-order valence-corrected chi connectivity index (χ0v) is 19.3. The lowest BCUT2D eigenvalue weighted by atomic mass is 10.2. The van der Waals surface area contributed by atoms with Gasteiger partial charge in [0.15, 0.2) is 0 Å². The van der Waals surface area contributed by atoms with E-state index in [1.807, 2.05) is 0 Å². The van der Waals surface area contributed by atoms with Gasteiger partial charge in [0.05, 0.1) is 30.8 Å². The Morgan fingerprint density at radius 3 is 2.44 bits per heavy atom. The quantitative estimate of drug-likeness (QED) is 0.255. The van der Waals surface area contributed by atoms with Gasteiger partial charge in [-0.1, -0.05) is 18.7 Å². The Kier molecular flexibility index (Phi) is 8.62. The molecule has 0 radical (unpaired) electrons. The van der Waals surface area contributed by atoms with Gasteiger partial charge in [-0.2, -0.15) is 23.1 Å². The minimum absolute atomic E-state index is 0.144. The van der Waals surface area contributed by atoms with Gasteiger partial charge >= 0.3 is 6.18 Å². The molecular weight excluding hydrogens is 481 g/mol. The van der Waals surface area contributed by atoms with Crippen molar-refractivity contribution in [1.82, 2.24) is 15.0 Å². The number of rotatable bonds is 11. The molecule has 0 aliphatic heterocycles. The van der Waals surface area contributed by atoms with Crippen molar-refractivity contribution in [3.63, 3.8) is 0 Å². The average molecular weight is 504 g/mol. The summed E-state index contributed by atoms with van der Waals surface area (Å²) in [5, 5.41) is 7.99. The molecule has 1 amide bonds. The van der Waals surface area contributed by atoms with Crippen molar-refractivity contribution in [2.75, 3.05) is 43.4 Å². The summed E-state index contributed by atoms with van der Waals surface area (Å²) in [7, 11) is 2.93. The van der Waals surface area contributed by atoms with Crippen LogP contribution in [0.4, 0.5) is 42.0 Å².